The summed E-state index contributed by atoms with van der Waals surface area (Å²) in [5, 5.41) is 3.04. The highest BCUT2D eigenvalue weighted by Gasteiger charge is 2.18. The minimum Gasteiger partial charge on any atom is -0.349 e. The molecular formula is C21H24N2O4S. The number of nitrogens with one attached hydrogen (secondary N) is 2. The SMILES string of the molecule is CC(=O)c1ccc(S(=O)(=O)Nc2ccc(C(=O)NC3CCCCC3)cc2)cc1. The molecular weight excluding hydrogens is 376 g/mol. The van der Waals surface area contributed by atoms with Crippen LogP contribution in [0.5, 0.6) is 0 Å². The summed E-state index contributed by atoms with van der Waals surface area (Å²) in [5.74, 6) is -0.264. The van der Waals surface area contributed by atoms with Crippen LogP contribution in [0.15, 0.2) is 53.4 Å². The van der Waals surface area contributed by atoms with E-state index in [-0.39, 0.29) is 22.6 Å². The van der Waals surface area contributed by atoms with Gasteiger partial charge in [-0.3, -0.25) is 14.3 Å². The number of benzene rings is 2. The molecule has 7 heteroatoms. The number of Topliss-reactive ketones (excluding diaryl/α,β-unsaturated/α-hetero) is 1. The van der Waals surface area contributed by atoms with Crippen LogP contribution >= 0.6 is 0 Å². The molecule has 2 aromatic rings. The third-order valence-corrected chi connectivity index (χ3v) is 6.31. The maximum Gasteiger partial charge on any atom is 0.261 e. The molecule has 2 aromatic carbocycles. The minimum atomic E-state index is -3.77. The van der Waals surface area contributed by atoms with Gasteiger partial charge in [-0.15, -0.1) is 0 Å². The van der Waals surface area contributed by atoms with Crippen molar-refractivity contribution < 1.29 is 18.0 Å². The van der Waals surface area contributed by atoms with E-state index in [2.05, 4.69) is 10.0 Å². The number of hydrogen-bond donors (Lipinski definition) is 2. The van der Waals surface area contributed by atoms with E-state index in [9.17, 15) is 18.0 Å². The second-order valence-electron chi connectivity index (χ2n) is 7.07. The van der Waals surface area contributed by atoms with Gasteiger partial charge in [0.15, 0.2) is 5.78 Å². The van der Waals surface area contributed by atoms with Gasteiger partial charge in [0.25, 0.3) is 15.9 Å². The number of rotatable bonds is 6. The molecule has 0 aromatic heterocycles. The highest BCUT2D eigenvalue weighted by molar-refractivity contribution is 7.92. The lowest BCUT2D eigenvalue weighted by Crippen LogP contribution is -2.36. The first-order chi connectivity index (χ1) is 13.3. The van der Waals surface area contributed by atoms with Gasteiger partial charge in [0.05, 0.1) is 4.90 Å². The number of ketones is 1. The van der Waals surface area contributed by atoms with E-state index in [1.807, 2.05) is 0 Å². The predicted octanol–water partition coefficient (Wildman–Crippen LogP) is 3.75. The van der Waals surface area contributed by atoms with Crippen molar-refractivity contribution in [3.63, 3.8) is 0 Å². The van der Waals surface area contributed by atoms with Crippen LogP contribution in [0, 0.1) is 0 Å². The van der Waals surface area contributed by atoms with Crippen LogP contribution in [-0.4, -0.2) is 26.2 Å². The van der Waals surface area contributed by atoms with Gasteiger partial charge >= 0.3 is 0 Å². The van der Waals surface area contributed by atoms with Gasteiger partial charge in [0.1, 0.15) is 0 Å². The highest BCUT2D eigenvalue weighted by Crippen LogP contribution is 2.20. The Labute approximate surface area is 165 Å². The monoisotopic (exact) mass is 400 g/mol. The molecule has 1 fully saturated rings. The lowest BCUT2D eigenvalue weighted by molar-refractivity contribution is 0.0927. The van der Waals surface area contributed by atoms with E-state index in [1.54, 1.807) is 24.3 Å². The van der Waals surface area contributed by atoms with Gasteiger partial charge in [-0.25, -0.2) is 8.42 Å². The van der Waals surface area contributed by atoms with E-state index in [0.717, 1.165) is 25.7 Å². The van der Waals surface area contributed by atoms with Gasteiger partial charge in [0.2, 0.25) is 0 Å². The Morgan fingerprint density at radius 3 is 2.00 bits per heavy atom. The first-order valence-electron chi connectivity index (χ1n) is 9.40. The number of hydrogen-bond acceptors (Lipinski definition) is 4. The zero-order chi connectivity index (χ0) is 20.1. The zero-order valence-electron chi connectivity index (χ0n) is 15.8. The molecule has 1 aliphatic carbocycles. The molecule has 0 unspecified atom stereocenters. The van der Waals surface area contributed by atoms with Gasteiger partial charge < -0.3 is 5.32 Å². The topological polar surface area (TPSA) is 92.3 Å². The van der Waals surface area contributed by atoms with Crippen LogP contribution in [0.4, 0.5) is 5.69 Å². The number of sulfonamides is 1. The van der Waals surface area contributed by atoms with Crippen molar-refractivity contribution in [2.45, 2.75) is 50.0 Å². The van der Waals surface area contributed by atoms with Crippen LogP contribution in [-0.2, 0) is 10.0 Å². The second kappa shape index (κ2) is 8.56. The lowest BCUT2D eigenvalue weighted by atomic mass is 9.95. The Morgan fingerprint density at radius 2 is 1.43 bits per heavy atom. The molecule has 0 radical (unpaired) electrons. The molecule has 0 atom stereocenters. The molecule has 28 heavy (non-hydrogen) atoms. The van der Waals surface area contributed by atoms with E-state index in [0.29, 0.717) is 16.8 Å². The Morgan fingerprint density at radius 1 is 0.857 bits per heavy atom. The molecule has 1 aliphatic rings. The summed E-state index contributed by atoms with van der Waals surface area (Å²) in [7, 11) is -3.77. The molecule has 0 heterocycles. The van der Waals surface area contributed by atoms with Gasteiger partial charge in [-0.05, 0) is 56.2 Å². The summed E-state index contributed by atoms with van der Waals surface area (Å²) in [6.45, 7) is 1.42. The van der Waals surface area contributed by atoms with Crippen molar-refractivity contribution in [1.82, 2.24) is 5.32 Å². The van der Waals surface area contributed by atoms with Gasteiger partial charge in [-0.1, -0.05) is 31.4 Å². The smallest absolute Gasteiger partial charge is 0.261 e. The van der Waals surface area contributed by atoms with Crippen LogP contribution < -0.4 is 10.0 Å². The standard InChI is InChI=1S/C21H24N2O4S/c1-15(24)16-9-13-20(14-10-16)28(26,27)23-19-11-7-17(8-12-19)21(25)22-18-5-3-2-4-6-18/h7-14,18,23H,2-6H2,1H3,(H,22,25). The van der Waals surface area contributed by atoms with Gasteiger partial charge in [0, 0.05) is 22.9 Å². The fraction of sp³-hybridized carbons (Fsp3) is 0.333. The molecule has 0 aliphatic heterocycles. The molecule has 0 saturated heterocycles. The average Bonchev–Trinajstić information content (AvgIpc) is 2.69. The van der Waals surface area contributed by atoms with E-state index in [4.69, 9.17) is 0 Å². The van der Waals surface area contributed by atoms with Crippen LogP contribution in [0.3, 0.4) is 0 Å². The first kappa shape index (κ1) is 20.1. The Hall–Kier alpha value is -2.67. The molecule has 3 rings (SSSR count). The summed E-state index contributed by atoms with van der Waals surface area (Å²) >= 11 is 0. The predicted molar refractivity (Wildman–Crippen MR) is 108 cm³/mol. The lowest BCUT2D eigenvalue weighted by Gasteiger charge is -2.22. The second-order valence-corrected chi connectivity index (χ2v) is 8.75. The van der Waals surface area contributed by atoms with Crippen molar-refractivity contribution in [2.24, 2.45) is 0 Å². The van der Waals surface area contributed by atoms with E-state index >= 15 is 0 Å². The zero-order valence-corrected chi connectivity index (χ0v) is 16.6. The van der Waals surface area contributed by atoms with Crippen LogP contribution in [0.1, 0.15) is 59.7 Å². The molecule has 148 valence electrons. The van der Waals surface area contributed by atoms with Crippen molar-refractivity contribution in [2.75, 3.05) is 4.72 Å². The molecule has 2 N–H and O–H groups in total. The Kier molecular flexibility index (Phi) is 6.14. The fourth-order valence-corrected chi connectivity index (χ4v) is 4.35. The number of carbonyl (C=O) groups is 2. The maximum atomic E-state index is 12.5. The first-order valence-corrected chi connectivity index (χ1v) is 10.9. The fourth-order valence-electron chi connectivity index (χ4n) is 3.29. The molecule has 1 saturated carbocycles. The summed E-state index contributed by atoms with van der Waals surface area (Å²) in [6.07, 6.45) is 5.51. The maximum absolute atomic E-state index is 12.5. The largest absolute Gasteiger partial charge is 0.349 e. The number of carbonyl (C=O) groups excluding carboxylic acids is 2. The third kappa shape index (κ3) is 4.98. The Balaban J connectivity index is 1.65. The van der Waals surface area contributed by atoms with Crippen molar-refractivity contribution in [1.29, 1.82) is 0 Å². The summed E-state index contributed by atoms with van der Waals surface area (Å²) in [5.41, 5.74) is 1.32. The number of anilines is 1. The van der Waals surface area contributed by atoms with Crippen molar-refractivity contribution in [3.8, 4) is 0 Å². The normalized spacial score (nSPS) is 15.0. The molecule has 1 amide bonds. The molecule has 0 bridgehead atoms. The summed E-state index contributed by atoms with van der Waals surface area (Å²) in [6, 6.07) is 12.3. The van der Waals surface area contributed by atoms with Crippen molar-refractivity contribution in [3.05, 3.63) is 59.7 Å². The number of amides is 1. The average molecular weight is 401 g/mol. The molecule has 0 spiro atoms. The third-order valence-electron chi connectivity index (χ3n) is 4.91. The van der Waals surface area contributed by atoms with E-state index < -0.39 is 10.0 Å². The van der Waals surface area contributed by atoms with Crippen LogP contribution in [0.2, 0.25) is 0 Å². The minimum absolute atomic E-state index is 0.0663. The summed E-state index contributed by atoms with van der Waals surface area (Å²) < 4.78 is 27.5. The summed E-state index contributed by atoms with van der Waals surface area (Å²) in [4.78, 5) is 23.7. The quantitative estimate of drug-likeness (QED) is 0.722. The van der Waals surface area contributed by atoms with Crippen LogP contribution in [0.25, 0.3) is 0 Å². The van der Waals surface area contributed by atoms with E-state index in [1.165, 1.54) is 37.6 Å². The highest BCUT2D eigenvalue weighted by atomic mass is 32.2. The van der Waals surface area contributed by atoms with Gasteiger partial charge in [-0.2, -0.15) is 0 Å². The van der Waals surface area contributed by atoms with Crippen molar-refractivity contribution >= 4 is 27.4 Å². The Bertz CT molecular complexity index is 945. The molecule has 6 nitrogen and oxygen atoms in total.